The Kier molecular flexibility index (Phi) is 5.39. The second-order valence-electron chi connectivity index (χ2n) is 10.2. The average Bonchev–Trinajstić information content (AvgIpc) is 2.71. The van der Waals surface area contributed by atoms with Crippen LogP contribution >= 0.6 is 11.6 Å². The standard InChI is InChI=1S/C23H31ClN2O3S/c24-20-4-1-5-21(10-20)30(28,29)26-6-2-3-16(15-26)14-25-22(27)23-11-17-7-18(12-23)9-19(8-17)13-23/h1,4-5,10,16-19H,2-3,6-9,11-15H2,(H,25,27). The molecule has 30 heavy (non-hydrogen) atoms. The Labute approximate surface area is 184 Å². The summed E-state index contributed by atoms with van der Waals surface area (Å²) in [5.41, 5.74) is -0.143. The molecule has 1 saturated heterocycles. The van der Waals surface area contributed by atoms with E-state index >= 15 is 0 Å². The fraction of sp³-hybridized carbons (Fsp3) is 0.696. The van der Waals surface area contributed by atoms with Crippen LogP contribution in [-0.4, -0.2) is 38.3 Å². The van der Waals surface area contributed by atoms with Gasteiger partial charge in [0.25, 0.3) is 0 Å². The number of rotatable bonds is 5. The van der Waals surface area contributed by atoms with E-state index in [4.69, 9.17) is 11.6 Å². The number of sulfonamides is 1. The molecule has 1 N–H and O–H groups in total. The van der Waals surface area contributed by atoms with Crippen LogP contribution in [0.25, 0.3) is 0 Å². The third kappa shape index (κ3) is 3.80. The molecule has 1 amide bonds. The monoisotopic (exact) mass is 450 g/mol. The summed E-state index contributed by atoms with van der Waals surface area (Å²) in [6.45, 7) is 1.55. The number of benzene rings is 1. The normalized spacial score (nSPS) is 36.0. The van der Waals surface area contributed by atoms with E-state index < -0.39 is 10.0 Å². The Hall–Kier alpha value is -1.11. The molecule has 1 heterocycles. The third-order valence-electron chi connectivity index (χ3n) is 7.99. The van der Waals surface area contributed by atoms with Crippen molar-refractivity contribution in [3.05, 3.63) is 29.3 Å². The van der Waals surface area contributed by atoms with Gasteiger partial charge in [-0.15, -0.1) is 0 Å². The molecule has 164 valence electrons. The van der Waals surface area contributed by atoms with Crippen molar-refractivity contribution in [2.75, 3.05) is 19.6 Å². The fourth-order valence-electron chi connectivity index (χ4n) is 7.00. The van der Waals surface area contributed by atoms with Gasteiger partial charge in [-0.2, -0.15) is 4.31 Å². The van der Waals surface area contributed by atoms with Crippen LogP contribution < -0.4 is 5.32 Å². The lowest BCUT2D eigenvalue weighted by Gasteiger charge is -2.55. The molecular formula is C23H31ClN2O3S. The number of carbonyl (C=O) groups excluding carboxylic acids is 1. The lowest BCUT2D eigenvalue weighted by atomic mass is 9.49. The van der Waals surface area contributed by atoms with Crippen LogP contribution in [0.4, 0.5) is 0 Å². The van der Waals surface area contributed by atoms with Gasteiger partial charge < -0.3 is 5.32 Å². The zero-order chi connectivity index (χ0) is 20.9. The van der Waals surface area contributed by atoms with Crippen LogP contribution in [0, 0.1) is 29.1 Å². The molecular weight excluding hydrogens is 420 g/mol. The lowest BCUT2D eigenvalue weighted by Crippen LogP contribution is -2.54. The molecule has 5 fully saturated rings. The minimum Gasteiger partial charge on any atom is -0.355 e. The number of piperidine rings is 1. The minimum atomic E-state index is -3.56. The summed E-state index contributed by atoms with van der Waals surface area (Å²) in [6, 6.07) is 6.46. The topological polar surface area (TPSA) is 66.5 Å². The van der Waals surface area contributed by atoms with Gasteiger partial charge in [0.15, 0.2) is 0 Å². The highest BCUT2D eigenvalue weighted by atomic mass is 35.5. The Balaban J connectivity index is 1.22. The lowest BCUT2D eigenvalue weighted by molar-refractivity contribution is -0.146. The van der Waals surface area contributed by atoms with Crippen molar-refractivity contribution in [2.45, 2.75) is 56.3 Å². The van der Waals surface area contributed by atoms with Gasteiger partial charge in [-0.05, 0) is 93.2 Å². The summed E-state index contributed by atoms with van der Waals surface area (Å²) in [4.78, 5) is 13.5. The van der Waals surface area contributed by atoms with E-state index in [9.17, 15) is 13.2 Å². The first-order chi connectivity index (χ1) is 14.3. The van der Waals surface area contributed by atoms with Gasteiger partial charge in [0.1, 0.15) is 0 Å². The number of nitrogens with zero attached hydrogens (tertiary/aromatic N) is 1. The highest BCUT2D eigenvalue weighted by Gasteiger charge is 2.54. The minimum absolute atomic E-state index is 0.143. The predicted molar refractivity (Wildman–Crippen MR) is 117 cm³/mol. The summed E-state index contributed by atoms with van der Waals surface area (Å²) < 4.78 is 27.6. The molecule has 5 nitrogen and oxygen atoms in total. The molecule has 4 saturated carbocycles. The molecule has 1 aromatic carbocycles. The number of hydrogen-bond acceptors (Lipinski definition) is 3. The Morgan fingerprint density at radius 3 is 2.43 bits per heavy atom. The maximum Gasteiger partial charge on any atom is 0.243 e. The molecule has 1 aliphatic heterocycles. The molecule has 4 bridgehead atoms. The molecule has 1 atom stereocenters. The van der Waals surface area contributed by atoms with Crippen molar-refractivity contribution < 1.29 is 13.2 Å². The Morgan fingerprint density at radius 2 is 1.80 bits per heavy atom. The molecule has 1 unspecified atom stereocenters. The Bertz CT molecular complexity index is 897. The van der Waals surface area contributed by atoms with Crippen molar-refractivity contribution >= 4 is 27.5 Å². The second kappa shape index (κ2) is 7.79. The van der Waals surface area contributed by atoms with Crippen molar-refractivity contribution in [1.82, 2.24) is 9.62 Å². The number of carbonyl (C=O) groups is 1. The Morgan fingerprint density at radius 1 is 1.13 bits per heavy atom. The summed E-state index contributed by atoms with van der Waals surface area (Å²) >= 11 is 6.00. The number of amides is 1. The smallest absolute Gasteiger partial charge is 0.243 e. The first-order valence-electron chi connectivity index (χ1n) is 11.4. The van der Waals surface area contributed by atoms with Crippen LogP contribution in [0.5, 0.6) is 0 Å². The fourth-order valence-corrected chi connectivity index (χ4v) is 8.86. The summed E-state index contributed by atoms with van der Waals surface area (Å²) in [7, 11) is -3.56. The summed E-state index contributed by atoms with van der Waals surface area (Å²) in [5, 5.41) is 3.67. The first-order valence-corrected chi connectivity index (χ1v) is 13.2. The van der Waals surface area contributed by atoms with Gasteiger partial charge in [0, 0.05) is 30.1 Å². The van der Waals surface area contributed by atoms with Crippen LogP contribution in [-0.2, 0) is 14.8 Å². The predicted octanol–water partition coefficient (Wildman–Crippen LogP) is 4.07. The van der Waals surface area contributed by atoms with Crippen LogP contribution in [0.1, 0.15) is 51.4 Å². The van der Waals surface area contributed by atoms with Gasteiger partial charge in [0.2, 0.25) is 15.9 Å². The molecule has 1 aromatic rings. The van der Waals surface area contributed by atoms with E-state index in [2.05, 4.69) is 5.32 Å². The van der Waals surface area contributed by atoms with Crippen molar-refractivity contribution in [3.8, 4) is 0 Å². The van der Waals surface area contributed by atoms with Gasteiger partial charge in [-0.25, -0.2) is 8.42 Å². The maximum absolute atomic E-state index is 13.2. The average molecular weight is 451 g/mol. The van der Waals surface area contributed by atoms with Gasteiger partial charge in [0.05, 0.1) is 4.90 Å². The molecule has 7 heteroatoms. The molecule has 0 aromatic heterocycles. The van der Waals surface area contributed by atoms with E-state index in [1.165, 1.54) is 25.3 Å². The third-order valence-corrected chi connectivity index (χ3v) is 10.1. The van der Waals surface area contributed by atoms with Gasteiger partial charge >= 0.3 is 0 Å². The van der Waals surface area contributed by atoms with E-state index in [1.54, 1.807) is 22.5 Å². The SMILES string of the molecule is O=C(NCC1CCCN(S(=O)(=O)c2cccc(Cl)c2)C1)C12CC3CC(CC(C3)C1)C2. The van der Waals surface area contributed by atoms with Crippen molar-refractivity contribution in [1.29, 1.82) is 0 Å². The van der Waals surface area contributed by atoms with E-state index in [0.717, 1.165) is 49.9 Å². The molecule has 0 spiro atoms. The van der Waals surface area contributed by atoms with E-state index in [1.807, 2.05) is 0 Å². The van der Waals surface area contributed by atoms with Crippen LogP contribution in [0.3, 0.4) is 0 Å². The quantitative estimate of drug-likeness (QED) is 0.735. The van der Waals surface area contributed by atoms with E-state index in [0.29, 0.717) is 24.7 Å². The number of halogens is 1. The van der Waals surface area contributed by atoms with Crippen LogP contribution in [0.2, 0.25) is 5.02 Å². The second-order valence-corrected chi connectivity index (χ2v) is 12.6. The highest BCUT2D eigenvalue weighted by Crippen LogP contribution is 2.60. The molecule has 6 rings (SSSR count). The van der Waals surface area contributed by atoms with E-state index in [-0.39, 0.29) is 22.1 Å². The highest BCUT2D eigenvalue weighted by molar-refractivity contribution is 7.89. The maximum atomic E-state index is 13.2. The first kappa shape index (κ1) is 20.8. The largest absolute Gasteiger partial charge is 0.355 e. The summed E-state index contributed by atoms with van der Waals surface area (Å²) in [6.07, 6.45) is 8.92. The number of hydrogen-bond donors (Lipinski definition) is 1. The van der Waals surface area contributed by atoms with Gasteiger partial charge in [-0.1, -0.05) is 17.7 Å². The van der Waals surface area contributed by atoms with Crippen LogP contribution in [0.15, 0.2) is 29.2 Å². The zero-order valence-electron chi connectivity index (χ0n) is 17.4. The molecule has 4 aliphatic carbocycles. The molecule has 0 radical (unpaired) electrons. The van der Waals surface area contributed by atoms with Gasteiger partial charge in [-0.3, -0.25) is 4.79 Å². The van der Waals surface area contributed by atoms with Crippen molar-refractivity contribution in [2.24, 2.45) is 29.1 Å². The van der Waals surface area contributed by atoms with Crippen molar-refractivity contribution in [3.63, 3.8) is 0 Å². The number of nitrogens with one attached hydrogen (secondary N) is 1. The summed E-state index contributed by atoms with van der Waals surface area (Å²) in [5.74, 6) is 2.63. The zero-order valence-corrected chi connectivity index (χ0v) is 18.9. The molecule has 5 aliphatic rings.